The third-order valence-corrected chi connectivity index (χ3v) is 5.10. The van der Waals surface area contributed by atoms with E-state index in [0.717, 1.165) is 17.7 Å². The van der Waals surface area contributed by atoms with E-state index < -0.39 is 29.8 Å². The van der Waals surface area contributed by atoms with E-state index in [4.69, 9.17) is 14.2 Å². The fourth-order valence-electron chi connectivity index (χ4n) is 3.10. The number of carboxylic acids is 1. The molecule has 0 fully saturated rings. The quantitative estimate of drug-likeness (QED) is 0.431. The van der Waals surface area contributed by atoms with Gasteiger partial charge in [-0.05, 0) is 48.6 Å². The van der Waals surface area contributed by atoms with Gasteiger partial charge in [0, 0.05) is 25.6 Å². The molecule has 0 saturated heterocycles. The van der Waals surface area contributed by atoms with Gasteiger partial charge in [-0.3, -0.25) is 0 Å². The van der Waals surface area contributed by atoms with Crippen molar-refractivity contribution in [3.05, 3.63) is 59.7 Å². The van der Waals surface area contributed by atoms with E-state index >= 15 is 0 Å². The average Bonchev–Trinajstić information content (AvgIpc) is 2.78. The highest BCUT2D eigenvalue weighted by Gasteiger charge is 2.21. The van der Waals surface area contributed by atoms with E-state index in [-0.39, 0.29) is 30.7 Å². The lowest BCUT2D eigenvalue weighted by molar-refractivity contribution is -0.149. The number of nitrogens with zero attached hydrogens (tertiary/aromatic N) is 1. The lowest BCUT2D eigenvalue weighted by Crippen LogP contribution is -2.38. The normalized spacial score (nSPS) is 12.2. The highest BCUT2D eigenvalue weighted by molar-refractivity contribution is 5.72. The van der Waals surface area contributed by atoms with E-state index in [0.29, 0.717) is 25.3 Å². The number of benzene rings is 2. The van der Waals surface area contributed by atoms with Gasteiger partial charge in [0.2, 0.25) is 0 Å². The summed E-state index contributed by atoms with van der Waals surface area (Å²) in [4.78, 5) is 25.4. The lowest BCUT2D eigenvalue weighted by Gasteiger charge is -2.26. The molecule has 0 bridgehead atoms. The number of ether oxygens (including phenoxy) is 3. The minimum atomic E-state index is -1.10. The molecule has 192 valence electrons. The number of carbonyl (C=O) groups excluding carboxylic acids is 1. The first kappa shape index (κ1) is 28.0. The largest absolute Gasteiger partial charge is 0.492 e. The summed E-state index contributed by atoms with van der Waals surface area (Å²) in [6.07, 6.45) is -0.669. The van der Waals surface area contributed by atoms with Crippen molar-refractivity contribution < 1.29 is 37.7 Å². The molecule has 0 radical (unpaired) electrons. The molecule has 9 heteroatoms. The van der Waals surface area contributed by atoms with Crippen molar-refractivity contribution in [3.63, 3.8) is 0 Å². The van der Waals surface area contributed by atoms with Crippen LogP contribution in [0.15, 0.2) is 42.5 Å². The fraction of sp³-hybridized carbons (Fsp3) is 0.462. The van der Waals surface area contributed by atoms with Crippen LogP contribution >= 0.6 is 0 Å². The van der Waals surface area contributed by atoms with Crippen LogP contribution in [0.4, 0.5) is 13.6 Å². The van der Waals surface area contributed by atoms with Gasteiger partial charge >= 0.3 is 12.1 Å². The first-order valence-corrected chi connectivity index (χ1v) is 11.5. The van der Waals surface area contributed by atoms with Crippen LogP contribution in [0.25, 0.3) is 0 Å². The molecule has 1 atom stereocenters. The monoisotopic (exact) mass is 493 g/mol. The zero-order valence-electron chi connectivity index (χ0n) is 20.6. The summed E-state index contributed by atoms with van der Waals surface area (Å²) in [5.74, 6) is -2.66. The maximum Gasteiger partial charge on any atom is 0.415 e. The SMILES string of the molecule is CCOC(Cc1ccc(OCCN(CCC(C)(C)C)C(=O)Oc2ccc(F)c(F)c2)cc1)C(=O)O. The number of amides is 1. The number of hydrogen-bond donors (Lipinski definition) is 1. The van der Waals surface area contributed by atoms with E-state index in [2.05, 4.69) is 0 Å². The molecule has 7 nitrogen and oxygen atoms in total. The minimum Gasteiger partial charge on any atom is -0.492 e. The predicted octanol–water partition coefficient (Wildman–Crippen LogP) is 5.31. The molecular weight excluding hydrogens is 460 g/mol. The molecule has 2 aromatic rings. The fourth-order valence-corrected chi connectivity index (χ4v) is 3.10. The Hall–Kier alpha value is -3.20. The van der Waals surface area contributed by atoms with Crippen LogP contribution in [0, 0.1) is 17.0 Å². The van der Waals surface area contributed by atoms with Gasteiger partial charge in [-0.15, -0.1) is 0 Å². The summed E-state index contributed by atoms with van der Waals surface area (Å²) in [7, 11) is 0. The van der Waals surface area contributed by atoms with Crippen LogP contribution in [-0.2, 0) is 16.0 Å². The molecule has 0 aliphatic heterocycles. The van der Waals surface area contributed by atoms with Crippen molar-refractivity contribution in [2.45, 2.75) is 46.6 Å². The highest BCUT2D eigenvalue weighted by Crippen LogP contribution is 2.21. The van der Waals surface area contributed by atoms with Gasteiger partial charge < -0.3 is 24.2 Å². The van der Waals surface area contributed by atoms with Crippen molar-refractivity contribution in [1.29, 1.82) is 0 Å². The number of carboxylic acid groups (broad SMARTS) is 1. The molecule has 0 aliphatic rings. The summed E-state index contributed by atoms with van der Waals surface area (Å²) in [5, 5.41) is 9.22. The predicted molar refractivity (Wildman–Crippen MR) is 127 cm³/mol. The molecule has 2 rings (SSSR count). The van der Waals surface area contributed by atoms with E-state index in [1.165, 1.54) is 11.0 Å². The zero-order chi connectivity index (χ0) is 26.0. The van der Waals surface area contributed by atoms with E-state index in [1.54, 1.807) is 31.2 Å². The Morgan fingerprint density at radius 2 is 1.66 bits per heavy atom. The van der Waals surface area contributed by atoms with Gasteiger partial charge in [0.1, 0.15) is 18.1 Å². The molecule has 2 aromatic carbocycles. The van der Waals surface area contributed by atoms with Crippen LogP contribution in [0.2, 0.25) is 0 Å². The maximum absolute atomic E-state index is 13.5. The maximum atomic E-state index is 13.5. The molecule has 1 N–H and O–H groups in total. The minimum absolute atomic E-state index is 0.0352. The van der Waals surface area contributed by atoms with Crippen molar-refractivity contribution in [2.75, 3.05) is 26.3 Å². The van der Waals surface area contributed by atoms with Gasteiger partial charge in [0.25, 0.3) is 0 Å². The van der Waals surface area contributed by atoms with E-state index in [9.17, 15) is 23.5 Å². The summed E-state index contributed by atoms with van der Waals surface area (Å²) >= 11 is 0. The summed E-state index contributed by atoms with van der Waals surface area (Å²) < 4.78 is 42.8. The number of hydrogen-bond acceptors (Lipinski definition) is 5. The first-order chi connectivity index (χ1) is 16.5. The zero-order valence-corrected chi connectivity index (χ0v) is 20.6. The number of halogens is 2. The van der Waals surface area contributed by atoms with Crippen molar-refractivity contribution in [2.24, 2.45) is 5.41 Å². The lowest BCUT2D eigenvalue weighted by atomic mass is 9.92. The Morgan fingerprint density at radius 3 is 2.23 bits per heavy atom. The van der Waals surface area contributed by atoms with Crippen LogP contribution in [0.1, 0.15) is 39.7 Å². The second kappa shape index (κ2) is 13.0. The standard InChI is InChI=1S/C26H33F2NO6/c1-5-33-23(24(30)31)16-18-6-8-19(9-7-18)34-15-14-29(13-12-26(2,3)4)25(32)35-20-10-11-21(27)22(28)17-20/h6-11,17,23H,5,12-16H2,1-4H3,(H,30,31). The third kappa shape index (κ3) is 9.90. The van der Waals surface area contributed by atoms with Crippen LogP contribution in [-0.4, -0.2) is 54.5 Å². The Morgan fingerprint density at radius 1 is 1.00 bits per heavy atom. The Kier molecular flexibility index (Phi) is 10.4. The molecule has 35 heavy (non-hydrogen) atoms. The van der Waals surface area contributed by atoms with E-state index in [1.807, 2.05) is 20.8 Å². The Balaban J connectivity index is 1.96. The Labute approximate surface area is 204 Å². The second-order valence-electron chi connectivity index (χ2n) is 9.22. The smallest absolute Gasteiger partial charge is 0.415 e. The van der Waals surface area contributed by atoms with Crippen molar-refractivity contribution in [1.82, 2.24) is 4.90 Å². The molecule has 0 saturated carbocycles. The number of aliphatic carboxylic acids is 1. The molecule has 0 heterocycles. The van der Waals surface area contributed by atoms with Gasteiger partial charge in [0.15, 0.2) is 17.7 Å². The van der Waals surface area contributed by atoms with Crippen LogP contribution in [0.3, 0.4) is 0 Å². The van der Waals surface area contributed by atoms with Crippen LogP contribution < -0.4 is 9.47 Å². The van der Waals surface area contributed by atoms with Gasteiger partial charge in [-0.2, -0.15) is 0 Å². The third-order valence-electron chi connectivity index (χ3n) is 5.10. The number of rotatable bonds is 12. The Bertz CT molecular complexity index is 975. The average molecular weight is 494 g/mol. The topological polar surface area (TPSA) is 85.3 Å². The molecule has 0 aromatic heterocycles. The summed E-state index contributed by atoms with van der Waals surface area (Å²) in [6, 6.07) is 9.89. The highest BCUT2D eigenvalue weighted by atomic mass is 19.2. The molecule has 1 unspecified atom stereocenters. The van der Waals surface area contributed by atoms with Gasteiger partial charge in [0.05, 0.1) is 6.54 Å². The molecule has 0 aliphatic carbocycles. The number of carbonyl (C=O) groups is 2. The van der Waals surface area contributed by atoms with Crippen molar-refractivity contribution >= 4 is 12.1 Å². The second-order valence-corrected chi connectivity index (χ2v) is 9.22. The van der Waals surface area contributed by atoms with Gasteiger partial charge in [-0.25, -0.2) is 18.4 Å². The molecule has 1 amide bonds. The van der Waals surface area contributed by atoms with Crippen molar-refractivity contribution in [3.8, 4) is 11.5 Å². The van der Waals surface area contributed by atoms with Crippen LogP contribution in [0.5, 0.6) is 11.5 Å². The summed E-state index contributed by atoms with van der Waals surface area (Å²) in [6.45, 7) is 8.97. The van der Waals surface area contributed by atoms with Gasteiger partial charge in [-0.1, -0.05) is 32.9 Å². The molecule has 0 spiro atoms. The molecular formula is C26H33F2NO6. The first-order valence-electron chi connectivity index (χ1n) is 11.5. The summed E-state index contributed by atoms with van der Waals surface area (Å²) in [5.41, 5.74) is 0.757.